The minimum absolute atomic E-state index is 0.182. The Labute approximate surface area is 110 Å². The van der Waals surface area contributed by atoms with E-state index in [1.807, 2.05) is 4.90 Å². The number of rotatable bonds is 2. The highest BCUT2D eigenvalue weighted by Crippen LogP contribution is 2.25. The van der Waals surface area contributed by atoms with Gasteiger partial charge in [0.05, 0.1) is 5.56 Å². The van der Waals surface area contributed by atoms with Crippen molar-refractivity contribution < 1.29 is 14.3 Å². The van der Waals surface area contributed by atoms with Crippen molar-refractivity contribution in [3.63, 3.8) is 0 Å². The summed E-state index contributed by atoms with van der Waals surface area (Å²) in [6.07, 6.45) is 0. The Balaban J connectivity index is 1.98. The van der Waals surface area contributed by atoms with Gasteiger partial charge in [-0.25, -0.2) is 4.79 Å². The molecule has 0 unspecified atom stereocenters. The molecule has 3 rings (SSSR count). The number of nitrogens with zero attached hydrogens (tertiary/aromatic N) is 3. The molecule has 6 nitrogen and oxygen atoms in total. The number of carboxylic acids is 1. The zero-order chi connectivity index (χ0) is 13.4. The molecule has 0 spiro atoms. The summed E-state index contributed by atoms with van der Waals surface area (Å²) in [5.74, 6) is -0.983. The Bertz CT molecular complexity index is 615. The smallest absolute Gasteiger partial charge is 0.338 e. The molecule has 0 radical (unpaired) electrons. The van der Waals surface area contributed by atoms with Crippen LogP contribution in [-0.2, 0) is 0 Å². The fourth-order valence-corrected chi connectivity index (χ4v) is 2.24. The monoisotopic (exact) mass is 261 g/mol. The van der Waals surface area contributed by atoms with Crippen LogP contribution in [0.4, 0.5) is 6.01 Å². The summed E-state index contributed by atoms with van der Waals surface area (Å²) in [6, 6.07) is 5.47. The molecule has 19 heavy (non-hydrogen) atoms. The van der Waals surface area contributed by atoms with Crippen molar-refractivity contribution in [2.45, 2.75) is 0 Å². The van der Waals surface area contributed by atoms with Gasteiger partial charge in [0.25, 0.3) is 6.01 Å². The minimum Gasteiger partial charge on any atom is -0.478 e. The topological polar surface area (TPSA) is 69.8 Å². The zero-order valence-corrected chi connectivity index (χ0v) is 10.7. The second-order valence-corrected chi connectivity index (χ2v) is 4.74. The van der Waals surface area contributed by atoms with Crippen molar-refractivity contribution in [2.75, 3.05) is 38.1 Å². The van der Waals surface area contributed by atoms with Crippen LogP contribution in [0.5, 0.6) is 0 Å². The van der Waals surface area contributed by atoms with Crippen LogP contribution < -0.4 is 4.90 Å². The second kappa shape index (κ2) is 4.55. The number of likely N-dealkylation sites (N-methyl/N-ethyl adjacent to an activating group) is 1. The number of benzene rings is 1. The van der Waals surface area contributed by atoms with E-state index < -0.39 is 5.97 Å². The van der Waals surface area contributed by atoms with Gasteiger partial charge >= 0.3 is 5.97 Å². The molecule has 0 bridgehead atoms. The first kappa shape index (κ1) is 12.0. The van der Waals surface area contributed by atoms with Gasteiger partial charge in [-0.3, -0.25) is 0 Å². The molecular weight excluding hydrogens is 246 g/mol. The van der Waals surface area contributed by atoms with Gasteiger partial charge in [0.2, 0.25) is 0 Å². The molecule has 1 aliphatic rings. The van der Waals surface area contributed by atoms with E-state index in [4.69, 9.17) is 9.52 Å². The van der Waals surface area contributed by atoms with Crippen molar-refractivity contribution in [3.05, 3.63) is 23.8 Å². The number of carbonyl (C=O) groups is 1. The van der Waals surface area contributed by atoms with Crippen LogP contribution in [0, 0.1) is 0 Å². The maximum absolute atomic E-state index is 11.1. The van der Waals surface area contributed by atoms with Crippen LogP contribution in [0.2, 0.25) is 0 Å². The van der Waals surface area contributed by atoms with E-state index >= 15 is 0 Å². The first-order chi connectivity index (χ1) is 9.15. The number of piperazine rings is 1. The van der Waals surface area contributed by atoms with Gasteiger partial charge in [-0.15, -0.1) is 0 Å². The standard InChI is InChI=1S/C13H15N3O3/c1-15-5-7-16(8-6-15)13-14-11-9(12(17)18)3-2-4-10(11)19-13/h2-4H,5-8H2,1H3,(H,17,18). The van der Waals surface area contributed by atoms with Gasteiger partial charge in [0.1, 0.15) is 5.52 Å². The molecule has 0 aliphatic carbocycles. The number of hydrogen-bond donors (Lipinski definition) is 1. The molecule has 100 valence electrons. The molecule has 1 saturated heterocycles. The third-order valence-electron chi connectivity index (χ3n) is 3.41. The third-order valence-corrected chi connectivity index (χ3v) is 3.41. The largest absolute Gasteiger partial charge is 0.478 e. The summed E-state index contributed by atoms with van der Waals surface area (Å²) in [4.78, 5) is 19.8. The summed E-state index contributed by atoms with van der Waals surface area (Å²) in [7, 11) is 2.08. The molecule has 1 aromatic heterocycles. The van der Waals surface area contributed by atoms with Crippen molar-refractivity contribution in [1.82, 2.24) is 9.88 Å². The normalized spacial score (nSPS) is 17.0. The molecule has 0 saturated carbocycles. The molecule has 0 amide bonds. The Morgan fingerprint density at radius 3 is 2.74 bits per heavy atom. The molecule has 1 aromatic carbocycles. The van der Waals surface area contributed by atoms with Crippen molar-refractivity contribution in [3.8, 4) is 0 Å². The SMILES string of the molecule is CN1CCN(c2nc3c(C(=O)O)cccc3o2)CC1. The van der Waals surface area contributed by atoms with Crippen LogP contribution >= 0.6 is 0 Å². The minimum atomic E-state index is -0.983. The van der Waals surface area contributed by atoms with Crippen LogP contribution in [0.25, 0.3) is 11.1 Å². The lowest BCUT2D eigenvalue weighted by molar-refractivity contribution is 0.0699. The van der Waals surface area contributed by atoms with E-state index in [2.05, 4.69) is 16.9 Å². The van der Waals surface area contributed by atoms with Crippen molar-refractivity contribution in [1.29, 1.82) is 0 Å². The first-order valence-corrected chi connectivity index (χ1v) is 6.21. The lowest BCUT2D eigenvalue weighted by Crippen LogP contribution is -2.44. The van der Waals surface area contributed by atoms with Crippen molar-refractivity contribution in [2.24, 2.45) is 0 Å². The number of para-hydroxylation sites is 1. The van der Waals surface area contributed by atoms with Gasteiger partial charge in [-0.2, -0.15) is 4.98 Å². The average Bonchev–Trinajstić information content (AvgIpc) is 2.82. The molecule has 2 aromatic rings. The molecule has 6 heteroatoms. The number of fused-ring (bicyclic) bond motifs is 1. The number of aromatic carboxylic acids is 1. The summed E-state index contributed by atoms with van der Waals surface area (Å²) in [6.45, 7) is 3.58. The predicted octanol–water partition coefficient (Wildman–Crippen LogP) is 1.28. The highest BCUT2D eigenvalue weighted by Gasteiger charge is 2.21. The van der Waals surface area contributed by atoms with Crippen molar-refractivity contribution >= 4 is 23.1 Å². The molecule has 2 heterocycles. The summed E-state index contributed by atoms with van der Waals surface area (Å²) in [5, 5.41) is 9.14. The van der Waals surface area contributed by atoms with Gasteiger partial charge in [0.15, 0.2) is 5.58 Å². The lowest BCUT2D eigenvalue weighted by Gasteiger charge is -2.31. The maximum atomic E-state index is 11.1. The van der Waals surface area contributed by atoms with Crippen LogP contribution in [-0.4, -0.2) is 54.2 Å². The molecule has 1 aliphatic heterocycles. The molecule has 0 atom stereocenters. The first-order valence-electron chi connectivity index (χ1n) is 6.21. The quantitative estimate of drug-likeness (QED) is 0.878. The number of aromatic nitrogens is 1. The van der Waals surface area contributed by atoms with Crippen LogP contribution in [0.3, 0.4) is 0 Å². The van der Waals surface area contributed by atoms with Gasteiger partial charge < -0.3 is 19.3 Å². The highest BCUT2D eigenvalue weighted by molar-refractivity contribution is 6.00. The number of carboxylic acid groups (broad SMARTS) is 1. The lowest BCUT2D eigenvalue weighted by atomic mass is 10.2. The molecule has 1 fully saturated rings. The Morgan fingerprint density at radius 1 is 1.32 bits per heavy atom. The zero-order valence-electron chi connectivity index (χ0n) is 10.7. The van der Waals surface area contributed by atoms with Crippen LogP contribution in [0.15, 0.2) is 22.6 Å². The maximum Gasteiger partial charge on any atom is 0.338 e. The number of oxazole rings is 1. The number of anilines is 1. The van der Waals surface area contributed by atoms with Gasteiger partial charge in [-0.1, -0.05) is 6.07 Å². The molecule has 1 N–H and O–H groups in total. The van der Waals surface area contributed by atoms with E-state index in [0.29, 0.717) is 17.1 Å². The van der Waals surface area contributed by atoms with Gasteiger partial charge in [0, 0.05) is 26.2 Å². The fraction of sp³-hybridized carbons (Fsp3) is 0.385. The fourth-order valence-electron chi connectivity index (χ4n) is 2.24. The average molecular weight is 261 g/mol. The third kappa shape index (κ3) is 2.15. The van der Waals surface area contributed by atoms with Gasteiger partial charge in [-0.05, 0) is 19.2 Å². The second-order valence-electron chi connectivity index (χ2n) is 4.74. The Kier molecular flexibility index (Phi) is 2.87. The van der Waals surface area contributed by atoms with E-state index in [-0.39, 0.29) is 5.56 Å². The number of hydrogen-bond acceptors (Lipinski definition) is 5. The molecular formula is C13H15N3O3. The Morgan fingerprint density at radius 2 is 2.05 bits per heavy atom. The summed E-state index contributed by atoms with van der Waals surface area (Å²) in [5.41, 5.74) is 1.12. The summed E-state index contributed by atoms with van der Waals surface area (Å²) < 4.78 is 5.67. The predicted molar refractivity (Wildman–Crippen MR) is 70.7 cm³/mol. The van der Waals surface area contributed by atoms with E-state index in [0.717, 1.165) is 26.2 Å². The van der Waals surface area contributed by atoms with E-state index in [1.54, 1.807) is 18.2 Å². The van der Waals surface area contributed by atoms with E-state index in [1.165, 1.54) is 0 Å². The Hall–Kier alpha value is -2.08. The highest BCUT2D eigenvalue weighted by atomic mass is 16.4. The van der Waals surface area contributed by atoms with Crippen LogP contribution in [0.1, 0.15) is 10.4 Å². The van der Waals surface area contributed by atoms with E-state index in [9.17, 15) is 4.79 Å². The summed E-state index contributed by atoms with van der Waals surface area (Å²) >= 11 is 0.